The van der Waals surface area contributed by atoms with E-state index in [1.165, 1.54) is 6.92 Å². The minimum absolute atomic E-state index is 0.149. The van der Waals surface area contributed by atoms with Gasteiger partial charge >= 0.3 is 0 Å². The van der Waals surface area contributed by atoms with Crippen LogP contribution in [0.4, 0.5) is 0 Å². The number of nitrogens with one attached hydrogen (secondary N) is 1. The molecule has 2 heterocycles. The van der Waals surface area contributed by atoms with Crippen molar-refractivity contribution in [3.05, 3.63) is 0 Å². The van der Waals surface area contributed by atoms with Crippen LogP contribution < -0.4 is 5.32 Å². The molecule has 6 atom stereocenters. The third kappa shape index (κ3) is 2.12. The van der Waals surface area contributed by atoms with Crippen LogP contribution in [-0.2, 0) is 4.79 Å². The van der Waals surface area contributed by atoms with Gasteiger partial charge in [-0.15, -0.1) is 0 Å². The van der Waals surface area contributed by atoms with Crippen molar-refractivity contribution in [2.75, 3.05) is 13.2 Å². The first-order chi connectivity index (χ1) is 8.47. The number of carbonyl (C=O) groups is 1. The lowest BCUT2D eigenvalue weighted by Crippen LogP contribution is -2.49. The minimum Gasteiger partial charge on any atom is -0.395 e. The molecule has 7 nitrogen and oxygen atoms in total. The summed E-state index contributed by atoms with van der Waals surface area (Å²) < 4.78 is 0. The molecule has 5 N–H and O–H groups in total. The Morgan fingerprint density at radius 3 is 2.56 bits per heavy atom. The molecule has 104 valence electrons. The molecule has 18 heavy (non-hydrogen) atoms. The van der Waals surface area contributed by atoms with E-state index in [1.807, 2.05) is 0 Å². The highest BCUT2D eigenvalue weighted by Gasteiger charge is 2.56. The molecule has 0 radical (unpaired) electrons. The van der Waals surface area contributed by atoms with Crippen LogP contribution in [0.15, 0.2) is 0 Å². The first kappa shape index (κ1) is 13.7. The molecular formula is C11H20N2O5. The molecule has 2 rings (SSSR count). The van der Waals surface area contributed by atoms with Gasteiger partial charge in [0.15, 0.2) is 0 Å². The third-order valence-corrected chi connectivity index (χ3v) is 3.92. The Labute approximate surface area is 105 Å². The van der Waals surface area contributed by atoms with Crippen LogP contribution in [0.25, 0.3) is 0 Å². The van der Waals surface area contributed by atoms with E-state index in [1.54, 1.807) is 4.90 Å². The van der Waals surface area contributed by atoms with E-state index in [2.05, 4.69) is 5.32 Å². The number of aliphatic hydroxyl groups is 4. The lowest BCUT2D eigenvalue weighted by atomic mass is 10.0. The number of hydrogen-bond donors (Lipinski definition) is 5. The van der Waals surface area contributed by atoms with E-state index >= 15 is 0 Å². The summed E-state index contributed by atoms with van der Waals surface area (Å²) in [6.45, 7) is 1.41. The van der Waals surface area contributed by atoms with Gasteiger partial charge in [0.1, 0.15) is 0 Å². The number of rotatable bonds is 3. The Balaban J connectivity index is 2.15. The summed E-state index contributed by atoms with van der Waals surface area (Å²) in [4.78, 5) is 12.7. The molecule has 0 unspecified atom stereocenters. The predicted molar refractivity (Wildman–Crippen MR) is 61.6 cm³/mol. The fourth-order valence-electron chi connectivity index (χ4n) is 3.13. The van der Waals surface area contributed by atoms with Gasteiger partial charge in [-0.05, 0) is 6.42 Å². The smallest absolute Gasteiger partial charge is 0.216 e. The lowest BCUT2D eigenvalue weighted by molar-refractivity contribution is -0.119. The van der Waals surface area contributed by atoms with Crippen molar-refractivity contribution >= 4 is 5.91 Å². The van der Waals surface area contributed by atoms with Crippen molar-refractivity contribution in [1.29, 1.82) is 0 Å². The van der Waals surface area contributed by atoms with Crippen LogP contribution in [0.2, 0.25) is 0 Å². The molecule has 2 aliphatic rings. The summed E-state index contributed by atoms with van der Waals surface area (Å²) in [5, 5.41) is 41.7. The zero-order chi connectivity index (χ0) is 13.4. The molecule has 2 fully saturated rings. The second-order valence-corrected chi connectivity index (χ2v) is 5.06. The maximum atomic E-state index is 10.9. The molecule has 0 aliphatic carbocycles. The van der Waals surface area contributed by atoms with Crippen molar-refractivity contribution in [2.45, 2.75) is 49.8 Å². The van der Waals surface area contributed by atoms with Gasteiger partial charge < -0.3 is 25.7 Å². The van der Waals surface area contributed by atoms with Gasteiger partial charge in [0.05, 0.1) is 37.0 Å². The maximum absolute atomic E-state index is 10.9. The fraction of sp³-hybridized carbons (Fsp3) is 0.909. The van der Waals surface area contributed by atoms with E-state index < -0.39 is 30.4 Å². The normalized spacial score (nSPS) is 44.1. The van der Waals surface area contributed by atoms with E-state index in [0.29, 0.717) is 6.42 Å². The van der Waals surface area contributed by atoms with Gasteiger partial charge in [-0.2, -0.15) is 0 Å². The molecule has 0 aromatic rings. The van der Waals surface area contributed by atoms with Crippen LogP contribution in [0.1, 0.15) is 13.3 Å². The van der Waals surface area contributed by atoms with Crippen molar-refractivity contribution in [3.63, 3.8) is 0 Å². The standard InChI is InChI=1S/C11H20N2O5/c1-5(15)12-3-7-10(17)11(18)9-8(16)2-6(4-14)13(7)9/h6-11,14,16-18H,2-4H2,1H3,(H,12,15)/t6-,7-,8-,9-,10+,11+/m0/s1. The first-order valence-corrected chi connectivity index (χ1v) is 6.14. The Morgan fingerprint density at radius 1 is 1.33 bits per heavy atom. The molecule has 1 amide bonds. The van der Waals surface area contributed by atoms with Crippen molar-refractivity contribution in [3.8, 4) is 0 Å². The topological polar surface area (TPSA) is 113 Å². The Kier molecular flexibility index (Phi) is 3.88. The second kappa shape index (κ2) is 5.10. The SMILES string of the molecule is CC(=O)NC[C@H]1[C@@H](O)[C@H](O)[C@@H]2[C@@H](O)C[C@@H](CO)N21. The van der Waals surface area contributed by atoms with Crippen LogP contribution in [0.3, 0.4) is 0 Å². The summed E-state index contributed by atoms with van der Waals surface area (Å²) in [5.41, 5.74) is 0. The van der Waals surface area contributed by atoms with Gasteiger partial charge in [0.2, 0.25) is 5.91 Å². The quantitative estimate of drug-likeness (QED) is 0.370. The van der Waals surface area contributed by atoms with E-state index in [9.17, 15) is 25.2 Å². The Hall–Kier alpha value is -0.730. The molecule has 0 aromatic carbocycles. The molecule has 0 bridgehead atoms. The summed E-state index contributed by atoms with van der Waals surface area (Å²) in [6.07, 6.45) is -2.50. The third-order valence-electron chi connectivity index (χ3n) is 3.92. The monoisotopic (exact) mass is 260 g/mol. The van der Waals surface area contributed by atoms with E-state index in [0.717, 1.165) is 0 Å². The molecular weight excluding hydrogens is 240 g/mol. The average Bonchev–Trinajstić information content (AvgIpc) is 2.76. The lowest BCUT2D eigenvalue weighted by Gasteiger charge is -2.29. The number of carbonyl (C=O) groups excluding carboxylic acids is 1. The summed E-state index contributed by atoms with van der Waals surface area (Å²) >= 11 is 0. The van der Waals surface area contributed by atoms with Gasteiger partial charge in [0, 0.05) is 19.5 Å². The molecule has 0 saturated carbocycles. The highest BCUT2D eigenvalue weighted by molar-refractivity contribution is 5.72. The van der Waals surface area contributed by atoms with E-state index in [4.69, 9.17) is 0 Å². The summed E-state index contributed by atoms with van der Waals surface area (Å²) in [5.74, 6) is -0.222. The van der Waals surface area contributed by atoms with Crippen molar-refractivity contribution in [2.24, 2.45) is 0 Å². The number of amides is 1. The number of fused-ring (bicyclic) bond motifs is 1. The summed E-state index contributed by atoms with van der Waals surface area (Å²) in [6, 6.07) is -1.35. The van der Waals surface area contributed by atoms with Gasteiger partial charge in [-0.25, -0.2) is 0 Å². The Bertz CT molecular complexity index is 327. The largest absolute Gasteiger partial charge is 0.395 e. The first-order valence-electron chi connectivity index (χ1n) is 6.14. The van der Waals surface area contributed by atoms with Crippen molar-refractivity contribution < 1.29 is 25.2 Å². The highest BCUT2D eigenvalue weighted by Crippen LogP contribution is 2.37. The zero-order valence-electron chi connectivity index (χ0n) is 10.2. The van der Waals surface area contributed by atoms with Crippen LogP contribution >= 0.6 is 0 Å². The summed E-state index contributed by atoms with van der Waals surface area (Å²) in [7, 11) is 0. The van der Waals surface area contributed by atoms with Crippen LogP contribution in [0.5, 0.6) is 0 Å². The number of hydrogen-bond acceptors (Lipinski definition) is 6. The molecule has 2 aliphatic heterocycles. The minimum atomic E-state index is -1.06. The van der Waals surface area contributed by atoms with Crippen LogP contribution in [-0.4, -0.2) is 80.8 Å². The van der Waals surface area contributed by atoms with Crippen LogP contribution in [0, 0.1) is 0 Å². The maximum Gasteiger partial charge on any atom is 0.216 e. The highest BCUT2D eigenvalue weighted by atomic mass is 16.3. The molecule has 2 saturated heterocycles. The average molecular weight is 260 g/mol. The molecule has 0 aromatic heterocycles. The fourth-order valence-corrected chi connectivity index (χ4v) is 3.13. The molecule has 7 heteroatoms. The van der Waals surface area contributed by atoms with Crippen molar-refractivity contribution in [1.82, 2.24) is 10.2 Å². The van der Waals surface area contributed by atoms with Gasteiger partial charge in [-0.1, -0.05) is 0 Å². The zero-order valence-corrected chi connectivity index (χ0v) is 10.2. The van der Waals surface area contributed by atoms with Gasteiger partial charge in [0.25, 0.3) is 0 Å². The predicted octanol–water partition coefficient (Wildman–Crippen LogP) is -2.98. The second-order valence-electron chi connectivity index (χ2n) is 5.06. The Morgan fingerprint density at radius 2 is 2.00 bits per heavy atom. The number of aliphatic hydroxyl groups excluding tert-OH is 4. The number of nitrogens with zero attached hydrogens (tertiary/aromatic N) is 1. The molecule has 0 spiro atoms. The van der Waals surface area contributed by atoms with Gasteiger partial charge in [-0.3, -0.25) is 9.69 Å². The van der Waals surface area contributed by atoms with E-state index in [-0.39, 0.29) is 25.1 Å².